The molecule has 0 saturated heterocycles. The van der Waals surface area contributed by atoms with Gasteiger partial charge in [0.25, 0.3) is 5.91 Å². The zero-order valence-electron chi connectivity index (χ0n) is 11.4. The number of amides is 1. The number of anilines is 1. The Bertz CT molecular complexity index is 533. The quantitative estimate of drug-likeness (QED) is 0.651. The number of esters is 1. The lowest BCUT2D eigenvalue weighted by molar-refractivity contribution is -0.129. The fourth-order valence-electron chi connectivity index (χ4n) is 1.42. The number of carbonyl (C=O) groups excluding carboxylic acids is 2. The molecule has 0 radical (unpaired) electrons. The van der Waals surface area contributed by atoms with Crippen LogP contribution in [0.15, 0.2) is 12.1 Å². The smallest absolute Gasteiger partial charge is 0.341 e. The van der Waals surface area contributed by atoms with Crippen LogP contribution in [0.3, 0.4) is 0 Å². The highest BCUT2D eigenvalue weighted by molar-refractivity contribution is 5.96. The summed E-state index contributed by atoms with van der Waals surface area (Å²) in [6.07, 6.45) is -1.07. The van der Waals surface area contributed by atoms with Gasteiger partial charge in [0.2, 0.25) is 0 Å². The SMILES string of the molecule is CC(C)NC(=O)C(C)OC(=O)c1cc(F)c(F)cc1N. The largest absolute Gasteiger partial charge is 0.449 e. The lowest BCUT2D eigenvalue weighted by atomic mass is 10.1. The summed E-state index contributed by atoms with van der Waals surface area (Å²) in [7, 11) is 0. The van der Waals surface area contributed by atoms with E-state index < -0.39 is 29.6 Å². The summed E-state index contributed by atoms with van der Waals surface area (Å²) in [5, 5.41) is 2.55. The standard InChI is InChI=1S/C13H16F2N2O3/c1-6(2)17-12(18)7(3)20-13(19)8-4-9(14)10(15)5-11(8)16/h4-7H,16H2,1-3H3,(H,17,18). The number of ether oxygens (including phenoxy) is 1. The molecule has 1 unspecified atom stereocenters. The van der Waals surface area contributed by atoms with Gasteiger partial charge in [0.05, 0.1) is 5.56 Å². The first-order chi connectivity index (χ1) is 9.22. The van der Waals surface area contributed by atoms with E-state index in [2.05, 4.69) is 5.32 Å². The topological polar surface area (TPSA) is 81.4 Å². The zero-order chi connectivity index (χ0) is 15.4. The van der Waals surface area contributed by atoms with Gasteiger partial charge in [-0.3, -0.25) is 4.79 Å². The van der Waals surface area contributed by atoms with Gasteiger partial charge in [-0.15, -0.1) is 0 Å². The van der Waals surface area contributed by atoms with Crippen LogP contribution in [0.1, 0.15) is 31.1 Å². The Labute approximate surface area is 115 Å². The van der Waals surface area contributed by atoms with Crippen LogP contribution in [0.25, 0.3) is 0 Å². The molecule has 0 spiro atoms. The highest BCUT2D eigenvalue weighted by atomic mass is 19.2. The van der Waals surface area contributed by atoms with Crippen LogP contribution in [0, 0.1) is 11.6 Å². The molecule has 0 fully saturated rings. The first-order valence-electron chi connectivity index (χ1n) is 5.98. The van der Waals surface area contributed by atoms with Crippen molar-refractivity contribution in [2.45, 2.75) is 32.9 Å². The zero-order valence-corrected chi connectivity index (χ0v) is 11.4. The van der Waals surface area contributed by atoms with Gasteiger partial charge in [-0.2, -0.15) is 0 Å². The highest BCUT2D eigenvalue weighted by Gasteiger charge is 2.22. The number of nitrogen functional groups attached to an aromatic ring is 1. The maximum atomic E-state index is 13.1. The van der Waals surface area contributed by atoms with Gasteiger partial charge >= 0.3 is 5.97 Å². The number of nitrogens with one attached hydrogen (secondary N) is 1. The molecule has 0 aliphatic carbocycles. The van der Waals surface area contributed by atoms with Gasteiger partial charge in [0.1, 0.15) is 0 Å². The molecule has 0 aliphatic rings. The Kier molecular flexibility index (Phi) is 5.01. The molecule has 1 aromatic rings. The van der Waals surface area contributed by atoms with Crippen LogP contribution in [0.4, 0.5) is 14.5 Å². The fourth-order valence-corrected chi connectivity index (χ4v) is 1.42. The number of benzene rings is 1. The number of halogens is 2. The first-order valence-corrected chi connectivity index (χ1v) is 5.98. The van der Waals surface area contributed by atoms with Crippen LogP contribution in [-0.2, 0) is 9.53 Å². The monoisotopic (exact) mass is 286 g/mol. The maximum Gasteiger partial charge on any atom is 0.341 e. The molecule has 0 saturated carbocycles. The molecule has 7 heteroatoms. The summed E-state index contributed by atoms with van der Waals surface area (Å²) in [6, 6.07) is 1.21. The third-order valence-electron chi connectivity index (χ3n) is 2.40. The fraction of sp³-hybridized carbons (Fsp3) is 0.385. The van der Waals surface area contributed by atoms with Crippen molar-refractivity contribution >= 4 is 17.6 Å². The molecule has 110 valence electrons. The molecule has 20 heavy (non-hydrogen) atoms. The van der Waals surface area contributed by atoms with Crippen LogP contribution in [-0.4, -0.2) is 24.0 Å². The van der Waals surface area contributed by atoms with E-state index >= 15 is 0 Å². The van der Waals surface area contributed by atoms with E-state index in [-0.39, 0.29) is 17.3 Å². The van der Waals surface area contributed by atoms with Gasteiger partial charge in [0, 0.05) is 17.8 Å². The van der Waals surface area contributed by atoms with E-state index in [0.717, 1.165) is 0 Å². The number of hydrogen-bond acceptors (Lipinski definition) is 4. The van der Waals surface area contributed by atoms with Crippen molar-refractivity contribution in [3.8, 4) is 0 Å². The molecule has 0 aromatic heterocycles. The van der Waals surface area contributed by atoms with Gasteiger partial charge < -0.3 is 15.8 Å². The average Bonchev–Trinajstić information content (AvgIpc) is 2.32. The Morgan fingerprint density at radius 2 is 1.75 bits per heavy atom. The molecular formula is C13H16F2N2O3. The van der Waals surface area contributed by atoms with E-state index in [1.807, 2.05) is 0 Å². The van der Waals surface area contributed by atoms with Crippen molar-refractivity contribution in [2.75, 3.05) is 5.73 Å². The molecule has 3 N–H and O–H groups in total. The van der Waals surface area contributed by atoms with Crippen LogP contribution in [0.2, 0.25) is 0 Å². The predicted octanol–water partition coefficient (Wildman–Crippen LogP) is 1.62. The Morgan fingerprint density at radius 1 is 1.20 bits per heavy atom. The van der Waals surface area contributed by atoms with E-state index in [9.17, 15) is 18.4 Å². The van der Waals surface area contributed by atoms with E-state index in [1.165, 1.54) is 6.92 Å². The normalized spacial score (nSPS) is 12.1. The van der Waals surface area contributed by atoms with E-state index in [4.69, 9.17) is 10.5 Å². The maximum absolute atomic E-state index is 13.1. The lowest BCUT2D eigenvalue weighted by Gasteiger charge is -2.16. The number of hydrogen-bond donors (Lipinski definition) is 2. The highest BCUT2D eigenvalue weighted by Crippen LogP contribution is 2.18. The number of nitrogens with two attached hydrogens (primary N) is 1. The minimum absolute atomic E-state index is 0.114. The van der Waals surface area contributed by atoms with Crippen LogP contribution < -0.4 is 11.1 Å². The third kappa shape index (κ3) is 3.91. The lowest BCUT2D eigenvalue weighted by Crippen LogP contribution is -2.39. The Balaban J connectivity index is 2.81. The molecule has 0 heterocycles. The van der Waals surface area contributed by atoms with Crippen molar-refractivity contribution in [2.24, 2.45) is 0 Å². The number of rotatable bonds is 4. The summed E-state index contributed by atoms with van der Waals surface area (Å²) >= 11 is 0. The second kappa shape index (κ2) is 6.31. The van der Waals surface area contributed by atoms with Crippen LogP contribution >= 0.6 is 0 Å². The molecule has 0 bridgehead atoms. The summed E-state index contributed by atoms with van der Waals surface area (Å²) in [5.41, 5.74) is 4.83. The minimum Gasteiger partial charge on any atom is -0.449 e. The van der Waals surface area contributed by atoms with Gasteiger partial charge in [-0.05, 0) is 26.8 Å². The van der Waals surface area contributed by atoms with Crippen molar-refractivity contribution in [1.82, 2.24) is 5.32 Å². The Morgan fingerprint density at radius 3 is 2.30 bits per heavy atom. The molecule has 1 rings (SSSR count). The van der Waals surface area contributed by atoms with Crippen LogP contribution in [0.5, 0.6) is 0 Å². The minimum atomic E-state index is -1.22. The van der Waals surface area contributed by atoms with E-state index in [0.29, 0.717) is 12.1 Å². The second-order valence-corrected chi connectivity index (χ2v) is 4.56. The molecule has 5 nitrogen and oxygen atoms in total. The summed E-state index contributed by atoms with van der Waals surface area (Å²) in [6.45, 7) is 4.87. The summed E-state index contributed by atoms with van der Waals surface area (Å²) in [5.74, 6) is -3.86. The summed E-state index contributed by atoms with van der Waals surface area (Å²) < 4.78 is 30.8. The van der Waals surface area contributed by atoms with Crippen molar-refractivity contribution in [1.29, 1.82) is 0 Å². The van der Waals surface area contributed by atoms with E-state index in [1.54, 1.807) is 13.8 Å². The molecule has 0 aliphatic heterocycles. The number of carbonyl (C=O) groups is 2. The molecule has 1 atom stereocenters. The molecule has 1 amide bonds. The molecule has 1 aromatic carbocycles. The average molecular weight is 286 g/mol. The molecular weight excluding hydrogens is 270 g/mol. The Hall–Kier alpha value is -2.18. The van der Waals surface area contributed by atoms with Gasteiger partial charge in [0.15, 0.2) is 17.7 Å². The second-order valence-electron chi connectivity index (χ2n) is 4.56. The third-order valence-corrected chi connectivity index (χ3v) is 2.40. The van der Waals surface area contributed by atoms with Gasteiger partial charge in [-0.1, -0.05) is 0 Å². The van der Waals surface area contributed by atoms with Crippen molar-refractivity contribution in [3.05, 3.63) is 29.3 Å². The summed E-state index contributed by atoms with van der Waals surface area (Å²) in [4.78, 5) is 23.3. The predicted molar refractivity (Wildman–Crippen MR) is 68.9 cm³/mol. The first kappa shape index (κ1) is 15.9. The van der Waals surface area contributed by atoms with Crippen molar-refractivity contribution in [3.63, 3.8) is 0 Å². The van der Waals surface area contributed by atoms with Crippen molar-refractivity contribution < 1.29 is 23.1 Å². The van der Waals surface area contributed by atoms with Gasteiger partial charge in [-0.25, -0.2) is 13.6 Å².